The molecule has 2 aromatic carbocycles. The highest BCUT2D eigenvalue weighted by Gasteiger charge is 2.14. The summed E-state index contributed by atoms with van der Waals surface area (Å²) in [5.41, 5.74) is 1.45. The fourth-order valence-corrected chi connectivity index (χ4v) is 3.59. The first kappa shape index (κ1) is 20.6. The molecule has 1 N–H and O–H groups in total. The first-order valence-electron chi connectivity index (χ1n) is 9.05. The van der Waals surface area contributed by atoms with E-state index in [4.69, 9.17) is 10.00 Å². The number of nitrogens with zero attached hydrogens (tertiary/aromatic N) is 3. The molecule has 0 aliphatic heterocycles. The largest absolute Gasteiger partial charge is 0.385 e. The van der Waals surface area contributed by atoms with Crippen LogP contribution in [0.25, 0.3) is 16.6 Å². The number of para-hydroxylation sites is 1. The van der Waals surface area contributed by atoms with E-state index >= 15 is 0 Å². The van der Waals surface area contributed by atoms with Crippen LogP contribution < -0.4 is 10.9 Å². The Morgan fingerprint density at radius 1 is 1.24 bits per heavy atom. The van der Waals surface area contributed by atoms with Crippen LogP contribution in [0.3, 0.4) is 0 Å². The molecular weight excluding hydrogens is 388 g/mol. The average Bonchev–Trinajstić information content (AvgIpc) is 2.75. The quantitative estimate of drug-likeness (QED) is 0.349. The molecule has 29 heavy (non-hydrogen) atoms. The highest BCUT2D eigenvalue weighted by molar-refractivity contribution is 7.99. The fourth-order valence-electron chi connectivity index (χ4n) is 2.75. The molecule has 8 heteroatoms. The molecule has 0 fully saturated rings. The normalized spacial score (nSPS) is 10.6. The maximum Gasteiger partial charge on any atom is 0.266 e. The molecule has 7 nitrogen and oxygen atoms in total. The van der Waals surface area contributed by atoms with Crippen LogP contribution in [0.15, 0.2) is 58.5 Å². The summed E-state index contributed by atoms with van der Waals surface area (Å²) in [5, 5.41) is 12.7. The van der Waals surface area contributed by atoms with Crippen molar-refractivity contribution in [2.45, 2.75) is 11.6 Å². The van der Waals surface area contributed by atoms with E-state index in [1.54, 1.807) is 49.6 Å². The third kappa shape index (κ3) is 5.02. The van der Waals surface area contributed by atoms with Gasteiger partial charge in [0.05, 0.1) is 34.0 Å². The lowest BCUT2D eigenvalue weighted by Crippen LogP contribution is -2.28. The Hall–Kier alpha value is -3.15. The van der Waals surface area contributed by atoms with Crippen molar-refractivity contribution in [2.24, 2.45) is 0 Å². The first-order chi connectivity index (χ1) is 14.1. The predicted molar refractivity (Wildman–Crippen MR) is 112 cm³/mol. The molecule has 1 aromatic heterocycles. The number of fused-ring (bicyclic) bond motifs is 1. The molecule has 0 saturated carbocycles. The number of nitrogens with one attached hydrogen (secondary N) is 1. The number of nitriles is 1. The second-order valence-corrected chi connectivity index (χ2v) is 7.14. The lowest BCUT2D eigenvalue weighted by atomic mass is 10.2. The molecule has 0 atom stereocenters. The smallest absolute Gasteiger partial charge is 0.266 e. The van der Waals surface area contributed by atoms with E-state index in [1.807, 2.05) is 6.07 Å². The molecular formula is C21H20N4O3S. The van der Waals surface area contributed by atoms with Gasteiger partial charge in [0.1, 0.15) is 0 Å². The Kier molecular flexibility index (Phi) is 7.00. The minimum absolute atomic E-state index is 0.133. The van der Waals surface area contributed by atoms with Crippen molar-refractivity contribution in [1.29, 1.82) is 5.26 Å². The second-order valence-electron chi connectivity index (χ2n) is 6.20. The summed E-state index contributed by atoms with van der Waals surface area (Å²) in [6, 6.07) is 15.9. The van der Waals surface area contributed by atoms with Crippen LogP contribution in [-0.4, -0.2) is 41.5 Å². The minimum atomic E-state index is -0.219. The Morgan fingerprint density at radius 2 is 2.00 bits per heavy atom. The number of ether oxygens (including phenoxy) is 1. The Balaban J connectivity index is 1.91. The molecule has 3 rings (SSSR count). The van der Waals surface area contributed by atoms with Crippen molar-refractivity contribution in [3.8, 4) is 11.8 Å². The number of amides is 1. The Labute approximate surface area is 172 Å². The van der Waals surface area contributed by atoms with E-state index in [2.05, 4.69) is 16.4 Å². The third-order valence-electron chi connectivity index (χ3n) is 4.18. The standard InChI is InChI=1S/C21H20N4O3S/c1-28-12-4-11-23-19(26)14-29-21-24-18-6-3-2-5-17(18)20(27)25(21)16-9-7-15(13-22)8-10-16/h2-3,5-10H,4,11-12,14H2,1H3,(H,23,26). The van der Waals surface area contributed by atoms with E-state index in [-0.39, 0.29) is 17.2 Å². The summed E-state index contributed by atoms with van der Waals surface area (Å²) in [6.07, 6.45) is 0.733. The van der Waals surface area contributed by atoms with Crippen LogP contribution in [0.1, 0.15) is 12.0 Å². The van der Waals surface area contributed by atoms with Crippen LogP contribution in [0.2, 0.25) is 0 Å². The number of carbonyl (C=O) groups is 1. The number of hydrogen-bond acceptors (Lipinski definition) is 6. The summed E-state index contributed by atoms with van der Waals surface area (Å²) in [6.45, 7) is 1.11. The van der Waals surface area contributed by atoms with Gasteiger partial charge in [-0.2, -0.15) is 5.26 Å². The molecule has 0 aliphatic rings. The molecule has 0 radical (unpaired) electrons. The van der Waals surface area contributed by atoms with E-state index in [0.717, 1.165) is 6.42 Å². The third-order valence-corrected chi connectivity index (χ3v) is 5.12. The zero-order valence-corrected chi connectivity index (χ0v) is 16.7. The van der Waals surface area contributed by atoms with E-state index < -0.39 is 0 Å². The summed E-state index contributed by atoms with van der Waals surface area (Å²) < 4.78 is 6.44. The monoisotopic (exact) mass is 408 g/mol. The molecule has 0 unspecified atom stereocenters. The Morgan fingerprint density at radius 3 is 2.72 bits per heavy atom. The van der Waals surface area contributed by atoms with Gasteiger partial charge >= 0.3 is 0 Å². The number of methoxy groups -OCH3 is 1. The molecule has 0 aliphatic carbocycles. The molecule has 3 aromatic rings. The molecule has 0 bridgehead atoms. The van der Waals surface area contributed by atoms with Gasteiger partial charge in [-0.1, -0.05) is 23.9 Å². The van der Waals surface area contributed by atoms with Gasteiger partial charge in [0.2, 0.25) is 5.91 Å². The van der Waals surface area contributed by atoms with Gasteiger partial charge in [0, 0.05) is 20.3 Å². The van der Waals surface area contributed by atoms with Gasteiger partial charge in [-0.3, -0.25) is 14.2 Å². The maximum atomic E-state index is 13.1. The summed E-state index contributed by atoms with van der Waals surface area (Å²) in [7, 11) is 1.62. The zero-order chi connectivity index (χ0) is 20.6. The average molecular weight is 408 g/mol. The number of carbonyl (C=O) groups excluding carboxylic acids is 1. The van der Waals surface area contributed by atoms with Crippen LogP contribution in [0.5, 0.6) is 0 Å². The topological polar surface area (TPSA) is 97.0 Å². The van der Waals surface area contributed by atoms with Crippen molar-refractivity contribution in [1.82, 2.24) is 14.9 Å². The molecule has 1 heterocycles. The lowest BCUT2D eigenvalue weighted by molar-refractivity contribution is -0.118. The lowest BCUT2D eigenvalue weighted by Gasteiger charge is -2.13. The minimum Gasteiger partial charge on any atom is -0.385 e. The van der Waals surface area contributed by atoms with E-state index in [0.29, 0.717) is 40.5 Å². The van der Waals surface area contributed by atoms with Crippen LogP contribution >= 0.6 is 11.8 Å². The summed E-state index contributed by atoms with van der Waals surface area (Å²) in [4.78, 5) is 29.9. The van der Waals surface area contributed by atoms with Crippen molar-refractivity contribution < 1.29 is 9.53 Å². The van der Waals surface area contributed by atoms with Crippen molar-refractivity contribution >= 4 is 28.6 Å². The number of benzene rings is 2. The highest BCUT2D eigenvalue weighted by atomic mass is 32.2. The number of rotatable bonds is 8. The summed E-state index contributed by atoms with van der Waals surface area (Å²) >= 11 is 1.20. The molecule has 0 spiro atoms. The van der Waals surface area contributed by atoms with Crippen molar-refractivity contribution in [2.75, 3.05) is 26.0 Å². The zero-order valence-electron chi connectivity index (χ0n) is 15.9. The fraction of sp³-hybridized carbons (Fsp3) is 0.238. The van der Waals surface area contributed by atoms with Gasteiger partial charge in [-0.25, -0.2) is 4.98 Å². The number of hydrogen-bond donors (Lipinski definition) is 1. The van der Waals surface area contributed by atoms with Gasteiger partial charge in [-0.15, -0.1) is 0 Å². The van der Waals surface area contributed by atoms with E-state index in [1.165, 1.54) is 16.3 Å². The molecule has 1 amide bonds. The van der Waals surface area contributed by atoms with Gasteiger partial charge in [0.25, 0.3) is 5.56 Å². The highest BCUT2D eigenvalue weighted by Crippen LogP contribution is 2.21. The predicted octanol–water partition coefficient (Wildman–Crippen LogP) is 2.50. The number of aromatic nitrogens is 2. The summed E-state index contributed by atoms with van der Waals surface area (Å²) in [5.74, 6) is -0.00601. The molecule has 148 valence electrons. The SMILES string of the molecule is COCCCNC(=O)CSc1nc2ccccc2c(=O)n1-c1ccc(C#N)cc1. The van der Waals surface area contributed by atoms with Crippen LogP contribution in [-0.2, 0) is 9.53 Å². The number of thioether (sulfide) groups is 1. The van der Waals surface area contributed by atoms with Crippen LogP contribution in [0, 0.1) is 11.3 Å². The molecule has 0 saturated heterocycles. The van der Waals surface area contributed by atoms with Gasteiger partial charge in [0.15, 0.2) is 5.16 Å². The second kappa shape index (κ2) is 9.87. The van der Waals surface area contributed by atoms with Crippen molar-refractivity contribution in [3.05, 3.63) is 64.4 Å². The van der Waals surface area contributed by atoms with Gasteiger partial charge < -0.3 is 10.1 Å². The van der Waals surface area contributed by atoms with Crippen molar-refractivity contribution in [3.63, 3.8) is 0 Å². The van der Waals surface area contributed by atoms with Gasteiger partial charge in [-0.05, 0) is 42.8 Å². The van der Waals surface area contributed by atoms with Crippen LogP contribution in [0.4, 0.5) is 0 Å². The Bertz CT molecular complexity index is 1100. The maximum absolute atomic E-state index is 13.1. The first-order valence-corrected chi connectivity index (χ1v) is 10.0. The van der Waals surface area contributed by atoms with E-state index in [9.17, 15) is 9.59 Å².